The second kappa shape index (κ2) is 9.84. The summed E-state index contributed by atoms with van der Waals surface area (Å²) in [5.41, 5.74) is 0.0479. The van der Waals surface area contributed by atoms with Gasteiger partial charge in [-0.15, -0.1) is 0 Å². The number of aliphatic hydroxyl groups is 1. The minimum absolute atomic E-state index is 0.197. The molecule has 4 N–H and O–H groups in total. The van der Waals surface area contributed by atoms with Crippen LogP contribution in [0.2, 0.25) is 0 Å². The Kier molecular flexibility index (Phi) is 6.98. The van der Waals surface area contributed by atoms with Crippen LogP contribution in [-0.2, 0) is 0 Å². The largest absolute Gasteiger partial charge is 0.390 e. The summed E-state index contributed by atoms with van der Waals surface area (Å²) in [6.07, 6.45) is 6.65. The number of rotatable bonds is 5. The number of nitrogens with zero attached hydrogens (tertiary/aromatic N) is 4. The molecule has 1 amide bonds. The molecule has 0 aromatic carbocycles. The minimum Gasteiger partial charge on any atom is -0.390 e. The standard InChI is InChI=1S/C18H19F2N7O2.C6H12O/c1-21-14-6-13(25-15-11(16(28)22-2)9-23-27(14)15)24-12-4-3-5-26(17(12)29)10-7-18(19,20)8-10;1-6(7)4-2-3-5-6/h3-6,9-10,21H,7-8H2,1-2H3,(H,22,28)(H,24,25);7H,2-5H2,1H3. The van der Waals surface area contributed by atoms with Crippen LogP contribution in [0.25, 0.3) is 5.65 Å². The van der Waals surface area contributed by atoms with Gasteiger partial charge in [-0.3, -0.25) is 9.59 Å². The Bertz CT molecular complexity index is 1300. The maximum absolute atomic E-state index is 13.2. The van der Waals surface area contributed by atoms with Gasteiger partial charge in [0.25, 0.3) is 17.4 Å². The molecule has 0 spiro atoms. The Balaban J connectivity index is 0.000000375. The summed E-state index contributed by atoms with van der Waals surface area (Å²) in [4.78, 5) is 29.2. The Labute approximate surface area is 206 Å². The summed E-state index contributed by atoms with van der Waals surface area (Å²) in [7, 11) is 3.19. The zero-order valence-electron chi connectivity index (χ0n) is 20.5. The predicted molar refractivity (Wildman–Crippen MR) is 132 cm³/mol. The first-order valence-corrected chi connectivity index (χ1v) is 11.9. The van der Waals surface area contributed by atoms with Crippen LogP contribution in [0.15, 0.2) is 35.4 Å². The first kappa shape index (κ1) is 25.5. The summed E-state index contributed by atoms with van der Waals surface area (Å²) in [6, 6.07) is 4.27. The lowest BCUT2D eigenvalue weighted by Crippen LogP contribution is -2.41. The first-order valence-electron chi connectivity index (χ1n) is 11.9. The molecule has 10 nitrogen and oxygen atoms in total. The van der Waals surface area contributed by atoms with E-state index in [0.717, 1.165) is 12.8 Å². The lowest BCUT2D eigenvalue weighted by molar-refractivity contribution is -0.104. The van der Waals surface area contributed by atoms with Gasteiger partial charge in [0.05, 0.1) is 11.8 Å². The van der Waals surface area contributed by atoms with E-state index in [9.17, 15) is 23.5 Å². The van der Waals surface area contributed by atoms with Crippen LogP contribution in [-0.4, -0.2) is 55.8 Å². The highest BCUT2D eigenvalue weighted by atomic mass is 19.3. The van der Waals surface area contributed by atoms with Crippen LogP contribution in [0.4, 0.5) is 26.1 Å². The molecule has 2 fully saturated rings. The fraction of sp³-hybridized carbons (Fsp3) is 0.500. The van der Waals surface area contributed by atoms with E-state index in [1.165, 1.54) is 41.4 Å². The molecule has 3 aromatic heterocycles. The number of hydrogen-bond acceptors (Lipinski definition) is 7. The highest BCUT2D eigenvalue weighted by Gasteiger charge is 2.46. The van der Waals surface area contributed by atoms with Gasteiger partial charge < -0.3 is 25.6 Å². The van der Waals surface area contributed by atoms with Gasteiger partial charge in [0, 0.05) is 45.2 Å². The third-order valence-corrected chi connectivity index (χ3v) is 6.58. The number of pyridine rings is 1. The third kappa shape index (κ3) is 5.32. The predicted octanol–water partition coefficient (Wildman–Crippen LogP) is 3.32. The molecule has 0 unspecified atom stereocenters. The maximum Gasteiger partial charge on any atom is 0.274 e. The van der Waals surface area contributed by atoms with Gasteiger partial charge in [0.15, 0.2) is 5.65 Å². The first-order chi connectivity index (χ1) is 17.0. The Morgan fingerprint density at radius 2 is 1.92 bits per heavy atom. The topological polar surface area (TPSA) is 126 Å². The number of hydrogen-bond donors (Lipinski definition) is 4. The highest BCUT2D eigenvalue weighted by Crippen LogP contribution is 2.44. The molecule has 0 atom stereocenters. The minimum atomic E-state index is -2.72. The lowest BCUT2D eigenvalue weighted by atomic mass is 9.88. The van der Waals surface area contributed by atoms with E-state index >= 15 is 0 Å². The number of nitrogens with one attached hydrogen (secondary N) is 3. The van der Waals surface area contributed by atoms with Crippen molar-refractivity contribution in [1.82, 2.24) is 24.5 Å². The van der Waals surface area contributed by atoms with Crippen molar-refractivity contribution in [1.29, 1.82) is 0 Å². The molecule has 2 saturated carbocycles. The third-order valence-electron chi connectivity index (χ3n) is 6.58. The quantitative estimate of drug-likeness (QED) is 0.421. The van der Waals surface area contributed by atoms with Crippen LogP contribution >= 0.6 is 0 Å². The Hall–Kier alpha value is -3.54. The van der Waals surface area contributed by atoms with Crippen molar-refractivity contribution in [3.05, 3.63) is 46.5 Å². The fourth-order valence-corrected chi connectivity index (χ4v) is 4.49. The molecule has 5 rings (SSSR count). The Morgan fingerprint density at radius 3 is 2.47 bits per heavy atom. The highest BCUT2D eigenvalue weighted by molar-refractivity contribution is 5.99. The van der Waals surface area contributed by atoms with Crippen molar-refractivity contribution in [2.24, 2.45) is 0 Å². The molecule has 3 heterocycles. The molecule has 0 radical (unpaired) electrons. The molecule has 3 aromatic rings. The fourth-order valence-electron chi connectivity index (χ4n) is 4.49. The van der Waals surface area contributed by atoms with Gasteiger partial charge in [-0.2, -0.15) is 9.61 Å². The Morgan fingerprint density at radius 1 is 1.22 bits per heavy atom. The summed E-state index contributed by atoms with van der Waals surface area (Å²) in [6.45, 7) is 1.92. The van der Waals surface area contributed by atoms with E-state index in [4.69, 9.17) is 0 Å². The summed E-state index contributed by atoms with van der Waals surface area (Å²) < 4.78 is 29.2. The molecule has 0 saturated heterocycles. The number of aromatic nitrogens is 4. The van der Waals surface area contributed by atoms with Gasteiger partial charge in [0.2, 0.25) is 0 Å². The van der Waals surface area contributed by atoms with Crippen molar-refractivity contribution < 1.29 is 18.7 Å². The lowest BCUT2D eigenvalue weighted by Gasteiger charge is -2.36. The monoisotopic (exact) mass is 503 g/mol. The van der Waals surface area contributed by atoms with Crippen LogP contribution in [0.5, 0.6) is 0 Å². The normalized spacial score (nSPS) is 18.2. The van der Waals surface area contributed by atoms with Crippen molar-refractivity contribution in [3.8, 4) is 0 Å². The van der Waals surface area contributed by atoms with Crippen LogP contribution in [0.1, 0.15) is 61.8 Å². The van der Waals surface area contributed by atoms with E-state index in [0.29, 0.717) is 17.3 Å². The van der Waals surface area contributed by atoms with Gasteiger partial charge in [-0.05, 0) is 31.9 Å². The van der Waals surface area contributed by atoms with E-state index in [2.05, 4.69) is 26.0 Å². The smallest absolute Gasteiger partial charge is 0.274 e. The number of anilines is 3. The molecule has 2 aliphatic rings. The number of carbonyl (C=O) groups excluding carboxylic acids is 1. The SMILES string of the molecule is CC1(O)CCCC1.CNC(=O)c1cnn2c(NC)cc(Nc3cccn(C4CC(F)(F)C4)c3=O)nc12. The average Bonchev–Trinajstić information content (AvgIpc) is 3.43. The van der Waals surface area contributed by atoms with Gasteiger partial charge in [0.1, 0.15) is 22.9 Å². The van der Waals surface area contributed by atoms with E-state index in [1.54, 1.807) is 25.2 Å². The van der Waals surface area contributed by atoms with Gasteiger partial charge in [-0.1, -0.05) is 12.8 Å². The molecule has 12 heteroatoms. The van der Waals surface area contributed by atoms with Gasteiger partial charge >= 0.3 is 0 Å². The molecule has 0 aliphatic heterocycles. The average molecular weight is 504 g/mol. The van der Waals surface area contributed by atoms with Crippen molar-refractivity contribution in [2.75, 3.05) is 24.7 Å². The second-order valence-electron chi connectivity index (χ2n) is 9.53. The van der Waals surface area contributed by atoms with Crippen LogP contribution in [0, 0.1) is 0 Å². The zero-order chi connectivity index (χ0) is 26.1. The number of carbonyl (C=O) groups is 1. The summed E-state index contributed by atoms with van der Waals surface area (Å²) >= 11 is 0. The van der Waals surface area contributed by atoms with Crippen molar-refractivity contribution in [2.45, 2.75) is 63.0 Å². The summed E-state index contributed by atoms with van der Waals surface area (Å²) in [5, 5.41) is 21.8. The second-order valence-corrected chi connectivity index (χ2v) is 9.53. The van der Waals surface area contributed by atoms with Gasteiger partial charge in [-0.25, -0.2) is 13.8 Å². The maximum atomic E-state index is 13.2. The molecular weight excluding hydrogens is 472 g/mol. The molecule has 36 heavy (non-hydrogen) atoms. The van der Waals surface area contributed by atoms with Crippen molar-refractivity contribution >= 4 is 28.9 Å². The molecule has 2 aliphatic carbocycles. The van der Waals surface area contributed by atoms with E-state index in [1.807, 2.05) is 6.92 Å². The number of halogens is 2. The van der Waals surface area contributed by atoms with Crippen LogP contribution in [0.3, 0.4) is 0 Å². The van der Waals surface area contributed by atoms with E-state index < -0.39 is 17.5 Å². The molecule has 194 valence electrons. The molecular formula is C24H31F2N7O3. The van der Waals surface area contributed by atoms with E-state index in [-0.39, 0.29) is 35.6 Å². The molecule has 0 bridgehead atoms. The van der Waals surface area contributed by atoms with Crippen molar-refractivity contribution in [3.63, 3.8) is 0 Å². The number of amides is 1. The number of fused-ring (bicyclic) bond motifs is 1. The number of alkyl halides is 2. The van der Waals surface area contributed by atoms with Crippen LogP contribution < -0.4 is 21.5 Å². The zero-order valence-corrected chi connectivity index (χ0v) is 20.5. The summed E-state index contributed by atoms with van der Waals surface area (Å²) in [5.74, 6) is -2.22.